The van der Waals surface area contributed by atoms with Gasteiger partial charge in [-0.2, -0.15) is 0 Å². The predicted molar refractivity (Wildman–Crippen MR) is 98.3 cm³/mol. The van der Waals surface area contributed by atoms with Crippen molar-refractivity contribution in [2.75, 3.05) is 6.61 Å². The first kappa shape index (κ1) is 20.4. The lowest BCUT2D eigenvalue weighted by Gasteiger charge is -2.22. The second-order valence-electron chi connectivity index (χ2n) is 8.34. The fourth-order valence-corrected chi connectivity index (χ4v) is 2.84. The number of benzene rings is 1. The fraction of sp³-hybridized carbons (Fsp3) is 0.619. The van der Waals surface area contributed by atoms with Gasteiger partial charge in [0.15, 0.2) is 5.78 Å². The molecule has 3 nitrogen and oxygen atoms in total. The van der Waals surface area contributed by atoms with E-state index in [-0.39, 0.29) is 29.0 Å². The molecule has 0 spiro atoms. The van der Waals surface area contributed by atoms with Crippen molar-refractivity contribution in [1.82, 2.24) is 0 Å². The van der Waals surface area contributed by atoms with Crippen molar-refractivity contribution in [3.63, 3.8) is 0 Å². The lowest BCUT2D eigenvalue weighted by atomic mass is 9.86. The van der Waals surface area contributed by atoms with Gasteiger partial charge in [0.25, 0.3) is 0 Å². The molecule has 0 saturated carbocycles. The van der Waals surface area contributed by atoms with E-state index in [0.29, 0.717) is 13.0 Å². The van der Waals surface area contributed by atoms with Crippen molar-refractivity contribution in [1.29, 1.82) is 0 Å². The molecule has 0 radical (unpaired) electrons. The van der Waals surface area contributed by atoms with Crippen LogP contribution in [0.25, 0.3) is 0 Å². The van der Waals surface area contributed by atoms with Crippen LogP contribution < -0.4 is 0 Å². The number of aryl methyl sites for hydroxylation is 3. The number of ether oxygens (including phenoxy) is 1. The van der Waals surface area contributed by atoms with Crippen molar-refractivity contribution in [3.8, 4) is 0 Å². The van der Waals surface area contributed by atoms with Crippen LogP contribution in [-0.4, -0.2) is 18.4 Å². The highest BCUT2D eigenvalue weighted by Gasteiger charge is 2.26. The molecule has 134 valence electrons. The third-order valence-corrected chi connectivity index (χ3v) is 4.34. The zero-order valence-electron chi connectivity index (χ0n) is 16.4. The van der Waals surface area contributed by atoms with Crippen LogP contribution in [0.5, 0.6) is 0 Å². The molecule has 0 bridgehead atoms. The molecule has 1 aromatic rings. The highest BCUT2D eigenvalue weighted by Crippen LogP contribution is 2.24. The summed E-state index contributed by atoms with van der Waals surface area (Å²) in [7, 11) is 0. The molecule has 0 fully saturated rings. The number of Topliss-reactive ketones (excluding diaryl/α,β-unsaturated/α-hetero) is 1. The van der Waals surface area contributed by atoms with E-state index in [1.807, 2.05) is 67.5 Å². The Bertz CT molecular complexity index is 585. The van der Waals surface area contributed by atoms with Crippen LogP contribution in [0.15, 0.2) is 12.1 Å². The average Bonchev–Trinajstić information content (AvgIpc) is 2.41. The van der Waals surface area contributed by atoms with Gasteiger partial charge >= 0.3 is 5.97 Å². The summed E-state index contributed by atoms with van der Waals surface area (Å²) in [6.45, 7) is 16.2. The fourth-order valence-electron chi connectivity index (χ4n) is 2.84. The maximum absolute atomic E-state index is 12.7. The number of rotatable bonds is 6. The van der Waals surface area contributed by atoms with Gasteiger partial charge < -0.3 is 4.74 Å². The number of esters is 1. The summed E-state index contributed by atoms with van der Waals surface area (Å²) in [4.78, 5) is 24.9. The van der Waals surface area contributed by atoms with Gasteiger partial charge in [-0.25, -0.2) is 0 Å². The lowest BCUT2D eigenvalue weighted by Crippen LogP contribution is -2.27. The maximum atomic E-state index is 12.7. The summed E-state index contributed by atoms with van der Waals surface area (Å²) in [6, 6.07) is 4.07. The molecule has 0 heterocycles. The van der Waals surface area contributed by atoms with E-state index >= 15 is 0 Å². The van der Waals surface area contributed by atoms with Crippen molar-refractivity contribution in [2.24, 2.45) is 17.3 Å². The van der Waals surface area contributed by atoms with Gasteiger partial charge in [-0.3, -0.25) is 9.59 Å². The zero-order chi connectivity index (χ0) is 18.7. The Kier molecular flexibility index (Phi) is 6.76. The first-order chi connectivity index (χ1) is 10.9. The van der Waals surface area contributed by atoms with Gasteiger partial charge in [-0.15, -0.1) is 0 Å². The van der Waals surface area contributed by atoms with Crippen LogP contribution in [0.4, 0.5) is 0 Å². The summed E-state index contributed by atoms with van der Waals surface area (Å²) in [5, 5.41) is 0. The molecule has 0 aliphatic carbocycles. The minimum Gasteiger partial charge on any atom is -0.465 e. The zero-order valence-corrected chi connectivity index (χ0v) is 16.4. The molecule has 1 aromatic carbocycles. The smallest absolute Gasteiger partial charge is 0.308 e. The normalized spacial score (nSPS) is 14.2. The summed E-state index contributed by atoms with van der Waals surface area (Å²) in [5.74, 6) is -0.456. The van der Waals surface area contributed by atoms with E-state index in [4.69, 9.17) is 4.74 Å². The molecular weight excluding hydrogens is 300 g/mol. The number of hydrogen-bond acceptors (Lipinski definition) is 3. The molecular formula is C21H32O3. The first-order valence-corrected chi connectivity index (χ1v) is 8.70. The van der Waals surface area contributed by atoms with Crippen molar-refractivity contribution >= 4 is 11.8 Å². The average molecular weight is 332 g/mol. The van der Waals surface area contributed by atoms with E-state index in [1.54, 1.807) is 0 Å². The standard InChI is InChI=1S/C21H32O3/c1-13-9-15(3)19(16(4)10-13)18(22)11-14(2)17(5)20(23)24-12-21(6,7)8/h9-10,14,17H,11-12H2,1-8H3/t14-,17-/m1/s1. The van der Waals surface area contributed by atoms with Crippen LogP contribution in [0.3, 0.4) is 0 Å². The van der Waals surface area contributed by atoms with Gasteiger partial charge in [0.05, 0.1) is 12.5 Å². The maximum Gasteiger partial charge on any atom is 0.308 e. The molecule has 1 rings (SSSR count). The van der Waals surface area contributed by atoms with E-state index in [0.717, 1.165) is 22.3 Å². The quantitative estimate of drug-likeness (QED) is 0.541. The largest absolute Gasteiger partial charge is 0.465 e. The number of ketones is 1. The first-order valence-electron chi connectivity index (χ1n) is 8.70. The number of hydrogen-bond donors (Lipinski definition) is 0. The molecule has 0 unspecified atom stereocenters. The Balaban J connectivity index is 2.75. The van der Waals surface area contributed by atoms with Crippen molar-refractivity contribution in [2.45, 2.75) is 61.8 Å². The summed E-state index contributed by atoms with van der Waals surface area (Å²) < 4.78 is 5.39. The number of carbonyl (C=O) groups is 2. The summed E-state index contributed by atoms with van der Waals surface area (Å²) in [5.41, 5.74) is 3.92. The van der Waals surface area contributed by atoms with E-state index in [1.165, 1.54) is 0 Å². The Morgan fingerprint density at radius 2 is 1.54 bits per heavy atom. The Hall–Kier alpha value is -1.64. The minimum atomic E-state index is -0.289. The Morgan fingerprint density at radius 3 is 2.00 bits per heavy atom. The van der Waals surface area contributed by atoms with Gasteiger partial charge in [0, 0.05) is 12.0 Å². The van der Waals surface area contributed by atoms with Crippen molar-refractivity contribution < 1.29 is 14.3 Å². The summed E-state index contributed by atoms with van der Waals surface area (Å²) in [6.07, 6.45) is 0.358. The Morgan fingerprint density at radius 1 is 1.04 bits per heavy atom. The summed E-state index contributed by atoms with van der Waals surface area (Å²) >= 11 is 0. The van der Waals surface area contributed by atoms with Gasteiger partial charge in [-0.1, -0.05) is 52.3 Å². The molecule has 0 saturated heterocycles. The highest BCUT2D eigenvalue weighted by molar-refractivity contribution is 5.99. The van der Waals surface area contributed by atoms with Crippen LogP contribution in [0, 0.1) is 38.0 Å². The third-order valence-electron chi connectivity index (χ3n) is 4.34. The Labute approximate surface area is 146 Å². The second kappa shape index (κ2) is 7.96. The van der Waals surface area contributed by atoms with Gasteiger partial charge in [0.2, 0.25) is 0 Å². The second-order valence-corrected chi connectivity index (χ2v) is 8.34. The number of carbonyl (C=O) groups excluding carboxylic acids is 2. The van der Waals surface area contributed by atoms with Gasteiger partial charge in [0.1, 0.15) is 0 Å². The van der Waals surface area contributed by atoms with E-state index in [9.17, 15) is 9.59 Å². The molecule has 0 aliphatic heterocycles. The topological polar surface area (TPSA) is 43.4 Å². The minimum absolute atomic E-state index is 0.0509. The molecule has 0 aliphatic rings. The molecule has 0 amide bonds. The van der Waals surface area contributed by atoms with Crippen LogP contribution >= 0.6 is 0 Å². The molecule has 0 N–H and O–H groups in total. The predicted octanol–water partition coefficient (Wildman–Crippen LogP) is 5.05. The van der Waals surface area contributed by atoms with Gasteiger partial charge in [-0.05, 0) is 43.2 Å². The third kappa shape index (κ3) is 5.77. The molecule has 0 aromatic heterocycles. The monoisotopic (exact) mass is 332 g/mol. The van der Waals surface area contributed by atoms with Crippen LogP contribution in [-0.2, 0) is 9.53 Å². The van der Waals surface area contributed by atoms with Crippen LogP contribution in [0.1, 0.15) is 68.1 Å². The molecule has 2 atom stereocenters. The lowest BCUT2D eigenvalue weighted by molar-refractivity contribution is -0.152. The SMILES string of the molecule is Cc1cc(C)c(C(=O)C[C@@H](C)[C@@H](C)C(=O)OCC(C)(C)C)c(C)c1. The molecule has 24 heavy (non-hydrogen) atoms. The van der Waals surface area contributed by atoms with E-state index in [2.05, 4.69) is 0 Å². The highest BCUT2D eigenvalue weighted by atomic mass is 16.5. The van der Waals surface area contributed by atoms with E-state index < -0.39 is 0 Å². The van der Waals surface area contributed by atoms with Crippen LogP contribution in [0.2, 0.25) is 0 Å². The molecule has 3 heteroatoms. The van der Waals surface area contributed by atoms with Crippen molar-refractivity contribution in [3.05, 3.63) is 34.4 Å².